The Morgan fingerprint density at radius 3 is 3.09 bits per heavy atom. The number of hydrogen-bond donors (Lipinski definition) is 1. The minimum atomic E-state index is 0.187. The summed E-state index contributed by atoms with van der Waals surface area (Å²) < 4.78 is 0. The van der Waals surface area contributed by atoms with Gasteiger partial charge in [0.2, 0.25) is 5.91 Å². The van der Waals surface area contributed by atoms with Crippen LogP contribution in [-0.4, -0.2) is 33.9 Å². The first-order valence-electron chi connectivity index (χ1n) is 8.38. The lowest BCUT2D eigenvalue weighted by atomic mass is 9.92. The summed E-state index contributed by atoms with van der Waals surface area (Å²) in [5.41, 5.74) is 3.47. The highest BCUT2D eigenvalue weighted by Crippen LogP contribution is 2.29. The minimum absolute atomic E-state index is 0.187. The van der Waals surface area contributed by atoms with Crippen molar-refractivity contribution in [2.75, 3.05) is 13.1 Å². The number of nitrogens with one attached hydrogen (secondary N) is 1. The Bertz CT molecular complexity index is 787. The predicted molar refractivity (Wildman–Crippen MR) is 91.7 cm³/mol. The normalized spacial score (nSPS) is 21.5. The van der Waals surface area contributed by atoms with E-state index in [2.05, 4.69) is 34.3 Å². The fourth-order valence-corrected chi connectivity index (χ4v) is 3.61. The predicted octanol–water partition coefficient (Wildman–Crippen LogP) is 3.53. The maximum Gasteiger partial charge on any atom is 0.226 e. The Hall–Kier alpha value is -2.36. The average molecular weight is 307 g/mol. The molecule has 23 heavy (non-hydrogen) atoms. The molecule has 2 aromatic rings. The Morgan fingerprint density at radius 2 is 2.30 bits per heavy atom. The molecule has 0 spiro atoms. The number of carbonyl (C=O) groups is 1. The fourth-order valence-electron chi connectivity index (χ4n) is 3.61. The number of pyridine rings is 1. The number of H-pyrrole nitrogens is 1. The van der Waals surface area contributed by atoms with Gasteiger partial charge in [0.05, 0.1) is 0 Å². The van der Waals surface area contributed by atoms with Crippen LogP contribution in [0.15, 0.2) is 42.8 Å². The lowest BCUT2D eigenvalue weighted by molar-refractivity contribution is -0.135. The summed E-state index contributed by atoms with van der Waals surface area (Å²) in [4.78, 5) is 22.2. The summed E-state index contributed by atoms with van der Waals surface area (Å²) in [6.45, 7) is 1.54. The highest BCUT2D eigenvalue weighted by atomic mass is 16.2. The van der Waals surface area contributed by atoms with Gasteiger partial charge in [-0.15, -0.1) is 0 Å². The molecule has 0 bridgehead atoms. The highest BCUT2D eigenvalue weighted by Gasteiger charge is 2.26. The van der Waals surface area contributed by atoms with E-state index >= 15 is 0 Å². The molecule has 1 amide bonds. The van der Waals surface area contributed by atoms with Gasteiger partial charge >= 0.3 is 0 Å². The van der Waals surface area contributed by atoms with Crippen molar-refractivity contribution in [2.24, 2.45) is 5.92 Å². The fraction of sp³-hybridized carbons (Fsp3) is 0.368. The van der Waals surface area contributed by atoms with Crippen LogP contribution in [0.25, 0.3) is 16.6 Å². The largest absolute Gasteiger partial charge is 0.346 e. The molecular weight excluding hydrogens is 286 g/mol. The third-order valence-electron chi connectivity index (χ3n) is 4.94. The van der Waals surface area contributed by atoms with E-state index in [1.165, 1.54) is 11.1 Å². The van der Waals surface area contributed by atoms with E-state index < -0.39 is 0 Å². The number of rotatable bonds is 2. The summed E-state index contributed by atoms with van der Waals surface area (Å²) >= 11 is 0. The molecule has 4 nitrogen and oxygen atoms in total. The maximum absolute atomic E-state index is 12.6. The molecule has 118 valence electrons. The van der Waals surface area contributed by atoms with Gasteiger partial charge in [-0.1, -0.05) is 18.2 Å². The van der Waals surface area contributed by atoms with Gasteiger partial charge in [0.25, 0.3) is 0 Å². The number of carbonyl (C=O) groups excluding carboxylic acids is 1. The SMILES string of the molecule is O=C([C@H]1CC=CCC1)N1CC=C(c2c[nH]c3ncccc23)CC1. The zero-order valence-electron chi connectivity index (χ0n) is 13.2. The number of allylic oxidation sites excluding steroid dienone is 2. The van der Waals surface area contributed by atoms with E-state index in [4.69, 9.17) is 0 Å². The van der Waals surface area contributed by atoms with E-state index in [-0.39, 0.29) is 5.92 Å². The van der Waals surface area contributed by atoms with Gasteiger partial charge in [-0.05, 0) is 43.4 Å². The maximum atomic E-state index is 12.6. The molecule has 1 atom stereocenters. The van der Waals surface area contributed by atoms with Gasteiger partial charge in [-0.2, -0.15) is 0 Å². The lowest BCUT2D eigenvalue weighted by Crippen LogP contribution is -2.39. The van der Waals surface area contributed by atoms with Crippen molar-refractivity contribution in [2.45, 2.75) is 25.7 Å². The van der Waals surface area contributed by atoms with E-state index in [0.717, 1.165) is 49.8 Å². The third kappa shape index (κ3) is 2.69. The zero-order valence-corrected chi connectivity index (χ0v) is 13.2. The van der Waals surface area contributed by atoms with Crippen molar-refractivity contribution in [1.82, 2.24) is 14.9 Å². The standard InChI is InChI=1S/C19H21N3O/c23-19(15-5-2-1-3-6-15)22-11-8-14(9-12-22)17-13-21-18-16(17)7-4-10-20-18/h1-2,4,7-8,10,13,15H,3,5-6,9,11-12H2,(H,20,21)/t15-/m0/s1. The first-order chi connectivity index (χ1) is 11.3. The van der Waals surface area contributed by atoms with Crippen molar-refractivity contribution in [1.29, 1.82) is 0 Å². The number of aromatic nitrogens is 2. The van der Waals surface area contributed by atoms with Gasteiger partial charge in [-0.3, -0.25) is 4.79 Å². The van der Waals surface area contributed by atoms with Crippen LogP contribution < -0.4 is 0 Å². The molecule has 1 aliphatic heterocycles. The Labute approximate surface area is 135 Å². The van der Waals surface area contributed by atoms with Gasteiger partial charge < -0.3 is 9.88 Å². The van der Waals surface area contributed by atoms with Crippen LogP contribution in [-0.2, 0) is 4.79 Å². The number of nitrogens with zero attached hydrogens (tertiary/aromatic N) is 2. The van der Waals surface area contributed by atoms with E-state index in [1.54, 1.807) is 6.20 Å². The summed E-state index contributed by atoms with van der Waals surface area (Å²) in [7, 11) is 0. The van der Waals surface area contributed by atoms with Crippen molar-refractivity contribution < 1.29 is 4.79 Å². The molecule has 4 heteroatoms. The molecule has 1 aliphatic carbocycles. The monoisotopic (exact) mass is 307 g/mol. The summed E-state index contributed by atoms with van der Waals surface area (Å²) in [5.74, 6) is 0.512. The molecule has 2 aliphatic rings. The molecule has 0 saturated heterocycles. The number of fused-ring (bicyclic) bond motifs is 1. The summed E-state index contributed by atoms with van der Waals surface area (Å²) in [5, 5.41) is 1.16. The van der Waals surface area contributed by atoms with Gasteiger partial charge in [0.1, 0.15) is 5.65 Å². The first kappa shape index (κ1) is 14.2. The minimum Gasteiger partial charge on any atom is -0.346 e. The highest BCUT2D eigenvalue weighted by molar-refractivity contribution is 5.91. The molecule has 3 heterocycles. The van der Waals surface area contributed by atoms with E-state index in [1.807, 2.05) is 17.2 Å². The quantitative estimate of drug-likeness (QED) is 0.863. The van der Waals surface area contributed by atoms with Crippen molar-refractivity contribution in [3.05, 3.63) is 48.3 Å². The Balaban J connectivity index is 1.50. The van der Waals surface area contributed by atoms with Gasteiger partial charge in [0.15, 0.2) is 0 Å². The van der Waals surface area contributed by atoms with Crippen LogP contribution in [0.3, 0.4) is 0 Å². The van der Waals surface area contributed by atoms with Crippen molar-refractivity contribution >= 4 is 22.5 Å². The van der Waals surface area contributed by atoms with Gasteiger partial charge in [-0.25, -0.2) is 4.98 Å². The molecule has 0 aromatic carbocycles. The first-order valence-corrected chi connectivity index (χ1v) is 8.38. The molecule has 0 saturated carbocycles. The second kappa shape index (κ2) is 6.03. The van der Waals surface area contributed by atoms with Crippen LogP contribution in [0.5, 0.6) is 0 Å². The summed E-state index contributed by atoms with van der Waals surface area (Å²) in [6.07, 6.45) is 14.2. The second-order valence-electron chi connectivity index (χ2n) is 6.35. The topological polar surface area (TPSA) is 49.0 Å². The van der Waals surface area contributed by atoms with Crippen LogP contribution in [0.4, 0.5) is 0 Å². The second-order valence-corrected chi connectivity index (χ2v) is 6.35. The van der Waals surface area contributed by atoms with E-state index in [0.29, 0.717) is 5.91 Å². The van der Waals surface area contributed by atoms with Crippen molar-refractivity contribution in [3.63, 3.8) is 0 Å². The smallest absolute Gasteiger partial charge is 0.226 e. The molecule has 1 N–H and O–H groups in total. The summed E-state index contributed by atoms with van der Waals surface area (Å²) in [6, 6.07) is 4.07. The number of amides is 1. The zero-order chi connectivity index (χ0) is 15.6. The van der Waals surface area contributed by atoms with Crippen LogP contribution in [0, 0.1) is 5.92 Å². The van der Waals surface area contributed by atoms with Crippen molar-refractivity contribution in [3.8, 4) is 0 Å². The lowest BCUT2D eigenvalue weighted by Gasteiger charge is -2.30. The van der Waals surface area contributed by atoms with Crippen LogP contribution >= 0.6 is 0 Å². The molecule has 0 radical (unpaired) electrons. The van der Waals surface area contributed by atoms with E-state index in [9.17, 15) is 4.79 Å². The van der Waals surface area contributed by atoms with Crippen LogP contribution in [0.1, 0.15) is 31.2 Å². The Kier molecular flexibility index (Phi) is 3.74. The third-order valence-corrected chi connectivity index (χ3v) is 4.94. The number of aromatic amines is 1. The average Bonchev–Trinajstić information content (AvgIpc) is 3.06. The van der Waals surface area contributed by atoms with Gasteiger partial charge in [0, 0.05) is 42.4 Å². The Morgan fingerprint density at radius 1 is 1.35 bits per heavy atom. The molecule has 4 rings (SSSR count). The molecule has 2 aromatic heterocycles. The molecule has 0 unspecified atom stereocenters. The molecular formula is C19H21N3O. The number of hydrogen-bond acceptors (Lipinski definition) is 2. The molecule has 0 fully saturated rings. The van der Waals surface area contributed by atoms with Crippen LogP contribution in [0.2, 0.25) is 0 Å².